The van der Waals surface area contributed by atoms with Crippen LogP contribution in [0.1, 0.15) is 0 Å². The number of hydrogen-bond donors (Lipinski definition) is 1. The first-order valence-corrected chi connectivity index (χ1v) is 3.97. The lowest BCUT2D eigenvalue weighted by Gasteiger charge is -1.99. The van der Waals surface area contributed by atoms with Gasteiger partial charge in [-0.05, 0) is 0 Å². The number of hydrogen-bond acceptors (Lipinski definition) is 3. The topological polar surface area (TPSA) is 53.1 Å². The summed E-state index contributed by atoms with van der Waals surface area (Å²) in [5.41, 5.74) is 7.54. The van der Waals surface area contributed by atoms with Gasteiger partial charge in [-0.3, -0.25) is 0 Å². The molecule has 0 aliphatic rings. The highest BCUT2D eigenvalue weighted by atomic mass is 16.5. The number of anilines is 1. The maximum absolute atomic E-state index is 5.77. The zero-order chi connectivity index (χ0) is 9.42. The van der Waals surface area contributed by atoms with Crippen LogP contribution in [0.2, 0.25) is 0 Å². The number of aromatic nitrogens is 2. The Morgan fingerprint density at radius 2 is 2.31 bits per heavy atom. The van der Waals surface area contributed by atoms with E-state index in [1.807, 2.05) is 23.9 Å². The summed E-state index contributed by atoms with van der Waals surface area (Å²) in [6, 6.07) is 1.87. The van der Waals surface area contributed by atoms with Crippen molar-refractivity contribution in [1.82, 2.24) is 9.55 Å². The number of fused-ring (bicyclic) bond motifs is 1. The first-order valence-electron chi connectivity index (χ1n) is 3.97. The summed E-state index contributed by atoms with van der Waals surface area (Å²) in [5.74, 6) is 0.605. The van der Waals surface area contributed by atoms with Crippen LogP contribution in [0.15, 0.2) is 18.5 Å². The van der Waals surface area contributed by atoms with Gasteiger partial charge in [0.2, 0.25) is 5.88 Å². The van der Waals surface area contributed by atoms with Gasteiger partial charge in [-0.1, -0.05) is 0 Å². The summed E-state index contributed by atoms with van der Waals surface area (Å²) < 4.78 is 6.97. The molecule has 13 heavy (non-hydrogen) atoms. The number of ether oxygens (including phenoxy) is 1. The number of methoxy groups -OCH3 is 1. The Labute approximate surface area is 75.9 Å². The van der Waals surface area contributed by atoms with Crippen molar-refractivity contribution < 1.29 is 4.74 Å². The van der Waals surface area contributed by atoms with Gasteiger partial charge >= 0.3 is 0 Å². The minimum absolute atomic E-state index is 0.605. The van der Waals surface area contributed by atoms with E-state index in [0.29, 0.717) is 5.88 Å². The molecule has 0 saturated carbocycles. The van der Waals surface area contributed by atoms with Crippen LogP contribution in [0.5, 0.6) is 5.88 Å². The van der Waals surface area contributed by atoms with Crippen LogP contribution in [-0.4, -0.2) is 16.7 Å². The average molecular weight is 177 g/mol. The molecule has 4 nitrogen and oxygen atoms in total. The second-order valence-electron chi connectivity index (χ2n) is 2.94. The first kappa shape index (κ1) is 7.91. The van der Waals surface area contributed by atoms with Crippen LogP contribution in [0.3, 0.4) is 0 Å². The van der Waals surface area contributed by atoms with Crippen molar-refractivity contribution in [2.75, 3.05) is 12.8 Å². The highest BCUT2D eigenvalue weighted by Gasteiger charge is 2.04. The van der Waals surface area contributed by atoms with E-state index in [2.05, 4.69) is 4.98 Å². The largest absolute Gasteiger partial charge is 0.481 e. The molecule has 0 amide bonds. The zero-order valence-corrected chi connectivity index (χ0v) is 7.61. The van der Waals surface area contributed by atoms with Gasteiger partial charge in [0.15, 0.2) is 0 Å². The molecule has 0 aromatic carbocycles. The minimum Gasteiger partial charge on any atom is -0.481 e. The maximum Gasteiger partial charge on any atom is 0.215 e. The SMILES string of the molecule is COc1cc2c(cn1)c(N)cn2C. The van der Waals surface area contributed by atoms with Gasteiger partial charge in [-0.15, -0.1) is 0 Å². The van der Waals surface area contributed by atoms with E-state index in [-0.39, 0.29) is 0 Å². The Morgan fingerprint density at radius 1 is 1.54 bits per heavy atom. The molecule has 4 heteroatoms. The molecule has 2 N–H and O–H groups in total. The molecule has 0 saturated heterocycles. The highest BCUT2D eigenvalue weighted by molar-refractivity contribution is 5.91. The van der Waals surface area contributed by atoms with E-state index in [1.165, 1.54) is 0 Å². The molecule has 0 atom stereocenters. The monoisotopic (exact) mass is 177 g/mol. The number of nitrogens with zero attached hydrogens (tertiary/aromatic N) is 2. The molecular weight excluding hydrogens is 166 g/mol. The summed E-state index contributed by atoms with van der Waals surface area (Å²) >= 11 is 0. The molecule has 68 valence electrons. The second kappa shape index (κ2) is 2.65. The van der Waals surface area contributed by atoms with E-state index in [9.17, 15) is 0 Å². The fourth-order valence-corrected chi connectivity index (χ4v) is 1.40. The van der Waals surface area contributed by atoms with Crippen LogP contribution in [-0.2, 0) is 7.05 Å². The molecule has 2 heterocycles. The third kappa shape index (κ3) is 1.11. The zero-order valence-electron chi connectivity index (χ0n) is 7.61. The lowest BCUT2D eigenvalue weighted by atomic mass is 10.3. The Hall–Kier alpha value is -1.71. The quantitative estimate of drug-likeness (QED) is 0.711. The molecule has 0 spiro atoms. The van der Waals surface area contributed by atoms with Crippen LogP contribution in [0, 0.1) is 0 Å². The Balaban J connectivity index is 2.76. The fraction of sp³-hybridized carbons (Fsp3) is 0.222. The third-order valence-electron chi connectivity index (χ3n) is 2.09. The van der Waals surface area contributed by atoms with E-state index >= 15 is 0 Å². The van der Waals surface area contributed by atoms with Crippen LogP contribution >= 0.6 is 0 Å². The maximum atomic E-state index is 5.77. The summed E-state index contributed by atoms with van der Waals surface area (Å²) in [5, 5.41) is 0.961. The number of pyridine rings is 1. The smallest absolute Gasteiger partial charge is 0.215 e. The number of aryl methyl sites for hydroxylation is 1. The molecular formula is C9H11N3O. The van der Waals surface area contributed by atoms with Crippen molar-refractivity contribution in [3.63, 3.8) is 0 Å². The average Bonchev–Trinajstić information content (AvgIpc) is 2.42. The third-order valence-corrected chi connectivity index (χ3v) is 2.09. The molecule has 2 aromatic rings. The number of nitrogen functional groups attached to an aromatic ring is 1. The van der Waals surface area contributed by atoms with Gasteiger partial charge in [0.25, 0.3) is 0 Å². The van der Waals surface area contributed by atoms with Crippen LogP contribution in [0.4, 0.5) is 5.69 Å². The highest BCUT2D eigenvalue weighted by Crippen LogP contribution is 2.24. The van der Waals surface area contributed by atoms with Gasteiger partial charge < -0.3 is 15.0 Å². The second-order valence-corrected chi connectivity index (χ2v) is 2.94. The summed E-state index contributed by atoms with van der Waals surface area (Å²) in [6.45, 7) is 0. The Kier molecular flexibility index (Phi) is 1.62. The Morgan fingerprint density at radius 3 is 3.00 bits per heavy atom. The lowest BCUT2D eigenvalue weighted by molar-refractivity contribution is 0.398. The van der Waals surface area contributed by atoms with Crippen LogP contribution in [0.25, 0.3) is 10.9 Å². The predicted molar refractivity (Wildman–Crippen MR) is 51.7 cm³/mol. The fourth-order valence-electron chi connectivity index (χ4n) is 1.40. The molecule has 2 aromatic heterocycles. The van der Waals surface area contributed by atoms with E-state index in [4.69, 9.17) is 10.5 Å². The minimum atomic E-state index is 0.605. The molecule has 0 fully saturated rings. The molecule has 0 bridgehead atoms. The van der Waals surface area contributed by atoms with Gasteiger partial charge in [-0.2, -0.15) is 0 Å². The molecule has 0 unspecified atom stereocenters. The van der Waals surface area contributed by atoms with Gasteiger partial charge in [0.05, 0.1) is 18.3 Å². The molecule has 0 aliphatic heterocycles. The lowest BCUT2D eigenvalue weighted by Crippen LogP contribution is -1.89. The predicted octanol–water partition coefficient (Wildman–Crippen LogP) is 1.16. The van der Waals surface area contributed by atoms with Crippen molar-refractivity contribution in [2.24, 2.45) is 7.05 Å². The van der Waals surface area contributed by atoms with E-state index in [0.717, 1.165) is 16.6 Å². The van der Waals surface area contributed by atoms with Crippen molar-refractivity contribution in [3.05, 3.63) is 18.5 Å². The summed E-state index contributed by atoms with van der Waals surface area (Å²) in [7, 11) is 3.54. The van der Waals surface area contributed by atoms with Crippen molar-refractivity contribution in [2.45, 2.75) is 0 Å². The number of nitrogens with two attached hydrogens (primary N) is 1. The van der Waals surface area contributed by atoms with Crippen molar-refractivity contribution in [3.8, 4) is 5.88 Å². The normalized spacial score (nSPS) is 10.6. The Bertz CT molecular complexity index is 447. The van der Waals surface area contributed by atoms with E-state index in [1.54, 1.807) is 13.3 Å². The standard InChI is InChI=1S/C9H11N3O/c1-12-5-7(10)6-4-11-9(13-2)3-8(6)12/h3-5H,10H2,1-2H3. The molecule has 0 aliphatic carbocycles. The van der Waals surface area contributed by atoms with Crippen LogP contribution < -0.4 is 10.5 Å². The van der Waals surface area contributed by atoms with Gasteiger partial charge in [-0.25, -0.2) is 4.98 Å². The first-order chi connectivity index (χ1) is 6.22. The van der Waals surface area contributed by atoms with Crippen molar-refractivity contribution >= 4 is 16.6 Å². The van der Waals surface area contributed by atoms with E-state index < -0.39 is 0 Å². The summed E-state index contributed by atoms with van der Waals surface area (Å²) in [4.78, 5) is 4.08. The van der Waals surface area contributed by atoms with Gasteiger partial charge in [0, 0.05) is 30.9 Å². The molecule has 0 radical (unpaired) electrons. The summed E-state index contributed by atoms with van der Waals surface area (Å²) in [6.07, 6.45) is 3.59. The van der Waals surface area contributed by atoms with Crippen molar-refractivity contribution in [1.29, 1.82) is 0 Å². The molecule has 2 rings (SSSR count). The number of rotatable bonds is 1. The van der Waals surface area contributed by atoms with Gasteiger partial charge in [0.1, 0.15) is 0 Å².